The number of phosphoric ester groups is 2. The molecule has 17 nitrogen and oxygen atoms in total. The molecule has 0 spiro atoms. The first-order chi connectivity index (χ1) is 48.0. The van der Waals surface area contributed by atoms with Crippen LogP contribution in [0.5, 0.6) is 0 Å². The summed E-state index contributed by atoms with van der Waals surface area (Å²) < 4.78 is 68.6. The normalized spacial score (nSPS) is 13.9. The van der Waals surface area contributed by atoms with Crippen LogP contribution in [0.2, 0.25) is 0 Å². The van der Waals surface area contributed by atoms with Crippen molar-refractivity contribution in [1.29, 1.82) is 0 Å². The topological polar surface area (TPSA) is 237 Å². The molecule has 0 fully saturated rings. The van der Waals surface area contributed by atoms with Gasteiger partial charge >= 0.3 is 39.5 Å². The Morgan fingerprint density at radius 2 is 0.465 bits per heavy atom. The van der Waals surface area contributed by atoms with Crippen LogP contribution < -0.4 is 0 Å². The number of hydrogen-bond acceptors (Lipinski definition) is 15. The standard InChI is InChI=1S/C80H156O17P2/c1-6-9-12-15-18-21-23-25-27-29-30-32-34-36-41-45-50-55-60-65-79(84)97-76(70-91-78(83)64-59-54-49-44-40-35-33-31-28-26-24-22-19-16-13-10-7-2)72-95-99(88,89)93-68-74(81)67-92-98(86,87)94-71-75(69-90-77(82)63-58-53-48-20-17-14-11-8-3)96-80(85)66-61-56-51-46-42-38-37-39-43-47-52-57-62-73(4)5/h73-76,81H,6-72H2,1-5H3,(H,86,87)(H,88,89)/t74-,75+,76+/m0/s1. The van der Waals surface area contributed by atoms with E-state index < -0.39 is 97.5 Å². The third kappa shape index (κ3) is 74.1. The van der Waals surface area contributed by atoms with Crippen molar-refractivity contribution in [3.8, 4) is 0 Å². The van der Waals surface area contributed by atoms with Crippen LogP contribution in [0.4, 0.5) is 0 Å². The number of ether oxygens (including phenoxy) is 4. The fraction of sp³-hybridized carbons (Fsp3) is 0.950. The fourth-order valence-corrected chi connectivity index (χ4v) is 14.0. The largest absolute Gasteiger partial charge is 0.472 e. The average molecular weight is 1450 g/mol. The van der Waals surface area contributed by atoms with Crippen molar-refractivity contribution in [1.82, 2.24) is 0 Å². The van der Waals surface area contributed by atoms with Crippen LogP contribution in [0.15, 0.2) is 0 Å². The predicted octanol–water partition coefficient (Wildman–Crippen LogP) is 24.0. The molecule has 0 bridgehead atoms. The van der Waals surface area contributed by atoms with E-state index >= 15 is 0 Å². The molecular formula is C80H156O17P2. The van der Waals surface area contributed by atoms with E-state index in [1.165, 1.54) is 244 Å². The van der Waals surface area contributed by atoms with E-state index in [1.807, 2.05) is 0 Å². The van der Waals surface area contributed by atoms with Gasteiger partial charge in [-0.05, 0) is 31.6 Å². The molecule has 0 aliphatic rings. The lowest BCUT2D eigenvalue weighted by molar-refractivity contribution is -0.161. The Morgan fingerprint density at radius 3 is 0.687 bits per heavy atom. The minimum Gasteiger partial charge on any atom is -0.462 e. The Morgan fingerprint density at radius 1 is 0.273 bits per heavy atom. The summed E-state index contributed by atoms with van der Waals surface area (Å²) in [6.45, 7) is 7.31. The summed E-state index contributed by atoms with van der Waals surface area (Å²) in [6, 6.07) is 0. The van der Waals surface area contributed by atoms with Crippen LogP contribution in [0.1, 0.15) is 426 Å². The van der Waals surface area contributed by atoms with Crippen molar-refractivity contribution in [2.24, 2.45) is 5.92 Å². The Kier molecular flexibility index (Phi) is 71.6. The smallest absolute Gasteiger partial charge is 0.462 e. The summed E-state index contributed by atoms with van der Waals surface area (Å²) in [5.74, 6) is -1.33. The predicted molar refractivity (Wildman–Crippen MR) is 405 cm³/mol. The van der Waals surface area contributed by atoms with Gasteiger partial charge in [-0.3, -0.25) is 37.3 Å². The molecule has 0 aliphatic heterocycles. The molecule has 5 atom stereocenters. The van der Waals surface area contributed by atoms with Gasteiger partial charge in [0.1, 0.15) is 19.3 Å². The van der Waals surface area contributed by atoms with Gasteiger partial charge in [-0.15, -0.1) is 0 Å². The zero-order valence-corrected chi connectivity index (χ0v) is 66.4. The van der Waals surface area contributed by atoms with Crippen LogP contribution in [-0.2, 0) is 65.4 Å². The van der Waals surface area contributed by atoms with Gasteiger partial charge < -0.3 is 33.8 Å². The Balaban J connectivity index is 5.20. The summed E-state index contributed by atoms with van der Waals surface area (Å²) in [4.78, 5) is 72.9. The van der Waals surface area contributed by atoms with Crippen LogP contribution in [-0.4, -0.2) is 96.7 Å². The van der Waals surface area contributed by atoms with Crippen LogP contribution in [0.3, 0.4) is 0 Å². The van der Waals surface area contributed by atoms with E-state index in [2.05, 4.69) is 34.6 Å². The lowest BCUT2D eigenvalue weighted by Gasteiger charge is -2.21. The quantitative estimate of drug-likeness (QED) is 0.0222. The van der Waals surface area contributed by atoms with Crippen LogP contribution >= 0.6 is 15.6 Å². The first-order valence-corrected chi connectivity index (χ1v) is 44.6. The number of unbranched alkanes of at least 4 members (excludes halogenated alkanes) is 52. The molecule has 19 heteroatoms. The van der Waals surface area contributed by atoms with Gasteiger partial charge in [0, 0.05) is 25.7 Å². The number of aliphatic hydroxyl groups is 1. The van der Waals surface area contributed by atoms with Crippen molar-refractivity contribution < 1.29 is 80.2 Å². The first kappa shape index (κ1) is 97.1. The van der Waals surface area contributed by atoms with E-state index in [0.29, 0.717) is 25.7 Å². The Labute approximate surface area is 607 Å². The summed E-state index contributed by atoms with van der Waals surface area (Å²) in [5.41, 5.74) is 0. The monoisotopic (exact) mass is 1450 g/mol. The maximum atomic E-state index is 13.1. The second-order valence-corrected chi connectivity index (χ2v) is 32.2. The number of aliphatic hydroxyl groups excluding tert-OH is 1. The summed E-state index contributed by atoms with van der Waals surface area (Å²) in [5, 5.41) is 10.6. The van der Waals surface area contributed by atoms with E-state index in [-0.39, 0.29) is 25.7 Å². The van der Waals surface area contributed by atoms with Crippen LogP contribution in [0.25, 0.3) is 0 Å². The summed E-state index contributed by atoms with van der Waals surface area (Å²) in [6.07, 6.45) is 63.9. The molecule has 0 aromatic carbocycles. The van der Waals surface area contributed by atoms with Gasteiger partial charge in [-0.1, -0.05) is 375 Å². The molecular weight excluding hydrogens is 1290 g/mol. The van der Waals surface area contributed by atoms with Gasteiger partial charge in [0.25, 0.3) is 0 Å². The van der Waals surface area contributed by atoms with Crippen molar-refractivity contribution in [3.05, 3.63) is 0 Å². The molecule has 0 rings (SSSR count). The molecule has 0 saturated heterocycles. The number of carbonyl (C=O) groups is 4. The molecule has 99 heavy (non-hydrogen) atoms. The lowest BCUT2D eigenvalue weighted by Crippen LogP contribution is -2.30. The zero-order chi connectivity index (χ0) is 72.7. The number of hydrogen-bond donors (Lipinski definition) is 3. The number of carbonyl (C=O) groups excluding carboxylic acids is 4. The molecule has 0 heterocycles. The Bertz CT molecular complexity index is 1890. The van der Waals surface area contributed by atoms with Crippen molar-refractivity contribution in [2.45, 2.75) is 445 Å². The van der Waals surface area contributed by atoms with Crippen molar-refractivity contribution in [3.63, 3.8) is 0 Å². The average Bonchev–Trinajstić information content (AvgIpc) is 1.36. The van der Waals surface area contributed by atoms with Gasteiger partial charge in [0.05, 0.1) is 26.4 Å². The second kappa shape index (κ2) is 73.0. The van der Waals surface area contributed by atoms with E-state index in [4.69, 9.17) is 37.0 Å². The number of rotatable bonds is 80. The second-order valence-electron chi connectivity index (χ2n) is 29.3. The molecule has 0 aromatic heterocycles. The van der Waals surface area contributed by atoms with E-state index in [1.54, 1.807) is 0 Å². The molecule has 3 N–H and O–H groups in total. The number of esters is 4. The van der Waals surface area contributed by atoms with Gasteiger partial charge in [0.15, 0.2) is 12.2 Å². The van der Waals surface area contributed by atoms with Crippen LogP contribution in [0, 0.1) is 5.92 Å². The minimum absolute atomic E-state index is 0.107. The van der Waals surface area contributed by atoms with Gasteiger partial charge in [0.2, 0.25) is 0 Å². The molecule has 588 valence electrons. The highest BCUT2D eigenvalue weighted by Crippen LogP contribution is 2.45. The third-order valence-electron chi connectivity index (χ3n) is 18.8. The SMILES string of the molecule is CCCCCCCCCCCCCCCCCCCCCC(=O)O[C@H](COC(=O)CCCCCCCCCCCCCCCCCCC)COP(=O)(O)OC[C@@H](O)COP(=O)(O)OC[C@@H](COC(=O)CCCCCCCCCC)OC(=O)CCCCCCCCCCCCCCC(C)C. The van der Waals surface area contributed by atoms with Crippen molar-refractivity contribution >= 4 is 39.5 Å². The molecule has 0 aliphatic carbocycles. The van der Waals surface area contributed by atoms with E-state index in [0.717, 1.165) is 102 Å². The molecule has 0 aromatic rings. The highest BCUT2D eigenvalue weighted by molar-refractivity contribution is 7.47. The first-order valence-electron chi connectivity index (χ1n) is 41.6. The third-order valence-corrected chi connectivity index (χ3v) is 20.7. The molecule has 0 radical (unpaired) electrons. The molecule has 0 amide bonds. The Hall–Kier alpha value is -1.94. The van der Waals surface area contributed by atoms with Crippen molar-refractivity contribution in [2.75, 3.05) is 39.6 Å². The van der Waals surface area contributed by atoms with E-state index in [9.17, 15) is 43.2 Å². The minimum atomic E-state index is -4.96. The van der Waals surface area contributed by atoms with Gasteiger partial charge in [-0.25, -0.2) is 9.13 Å². The highest BCUT2D eigenvalue weighted by Gasteiger charge is 2.30. The maximum absolute atomic E-state index is 13.1. The fourth-order valence-electron chi connectivity index (χ4n) is 12.4. The molecule has 2 unspecified atom stereocenters. The molecule has 0 saturated carbocycles. The number of phosphoric acid groups is 2. The maximum Gasteiger partial charge on any atom is 0.472 e. The lowest BCUT2D eigenvalue weighted by atomic mass is 10.0. The summed E-state index contributed by atoms with van der Waals surface area (Å²) >= 11 is 0. The summed E-state index contributed by atoms with van der Waals surface area (Å²) in [7, 11) is -9.91. The highest BCUT2D eigenvalue weighted by atomic mass is 31.2. The van der Waals surface area contributed by atoms with Gasteiger partial charge in [-0.2, -0.15) is 0 Å². The zero-order valence-electron chi connectivity index (χ0n) is 64.6.